The molecule has 0 unspecified atom stereocenters. The van der Waals surface area contributed by atoms with Crippen LogP contribution in [0.15, 0.2) is 41.5 Å². The number of benzene rings is 1. The van der Waals surface area contributed by atoms with Crippen LogP contribution in [0.5, 0.6) is 0 Å². The van der Waals surface area contributed by atoms with Gasteiger partial charge in [-0.25, -0.2) is 9.89 Å². The number of hydrogen-bond donors (Lipinski definition) is 1. The van der Waals surface area contributed by atoms with Crippen LogP contribution in [0.3, 0.4) is 0 Å². The van der Waals surface area contributed by atoms with Crippen molar-refractivity contribution in [3.8, 4) is 10.4 Å². The molecule has 0 aliphatic rings. The Kier molecular flexibility index (Phi) is 2.90. The first kappa shape index (κ1) is 12.4. The summed E-state index contributed by atoms with van der Waals surface area (Å²) in [5.41, 5.74) is 2.76. The predicted molar refractivity (Wildman–Crippen MR) is 82.7 cm³/mol. The van der Waals surface area contributed by atoms with Crippen molar-refractivity contribution >= 4 is 34.1 Å². The first-order valence-electron chi connectivity index (χ1n) is 6.21. The summed E-state index contributed by atoms with van der Waals surface area (Å²) in [5, 5.41) is 6.12. The highest BCUT2D eigenvalue weighted by atomic mass is 32.1. The summed E-state index contributed by atoms with van der Waals surface area (Å²) in [6, 6.07) is 10.2. The minimum absolute atomic E-state index is 0.195. The van der Waals surface area contributed by atoms with Crippen molar-refractivity contribution in [1.82, 2.24) is 23.5 Å². The van der Waals surface area contributed by atoms with Crippen LogP contribution in [0, 0.1) is 0 Å². The van der Waals surface area contributed by atoms with E-state index in [-0.39, 0.29) is 5.69 Å². The first-order chi connectivity index (χ1) is 10.3. The normalized spacial score (nSPS) is 11.2. The quantitative estimate of drug-likeness (QED) is 0.629. The molecule has 3 heterocycles. The Labute approximate surface area is 127 Å². The van der Waals surface area contributed by atoms with Gasteiger partial charge in [-0.05, 0) is 29.8 Å². The molecule has 4 rings (SSSR count). The number of rotatable bonds is 3. The minimum Gasteiger partial charge on any atom is -0.276 e. The van der Waals surface area contributed by atoms with Gasteiger partial charge in [0.15, 0.2) is 0 Å². The molecule has 104 valence electrons. The molecule has 0 aliphatic heterocycles. The number of H-pyrrole nitrogens is 1. The summed E-state index contributed by atoms with van der Waals surface area (Å²) in [4.78, 5) is 13.7. The zero-order valence-electron chi connectivity index (χ0n) is 10.7. The Morgan fingerprint density at radius 3 is 2.90 bits per heavy atom. The summed E-state index contributed by atoms with van der Waals surface area (Å²) in [6.45, 7) is 0.528. The molecule has 0 saturated heterocycles. The van der Waals surface area contributed by atoms with Gasteiger partial charge < -0.3 is 0 Å². The van der Waals surface area contributed by atoms with E-state index in [1.165, 1.54) is 18.1 Å². The summed E-state index contributed by atoms with van der Waals surface area (Å²) in [7, 11) is 0. The van der Waals surface area contributed by atoms with Gasteiger partial charge in [-0.1, -0.05) is 6.07 Å². The van der Waals surface area contributed by atoms with Gasteiger partial charge in [-0.2, -0.15) is 13.8 Å². The molecule has 0 aliphatic carbocycles. The standard InChI is InChI=1S/C13H9N5OS2/c19-13-15-14-7-18(13)6-9-2-4-12(20-9)8-1-3-10-11(5-8)17-21-16-10/h1-5,7H,6H2,(H,15,19). The van der Waals surface area contributed by atoms with Crippen LogP contribution in [-0.2, 0) is 6.54 Å². The van der Waals surface area contributed by atoms with Gasteiger partial charge in [0.05, 0.1) is 18.3 Å². The number of nitrogens with zero attached hydrogens (tertiary/aromatic N) is 4. The van der Waals surface area contributed by atoms with Crippen molar-refractivity contribution in [3.63, 3.8) is 0 Å². The SMILES string of the molecule is O=c1[nH]ncn1Cc1ccc(-c2ccc3nsnc3c2)s1. The fraction of sp³-hybridized carbons (Fsp3) is 0.0769. The summed E-state index contributed by atoms with van der Waals surface area (Å²) in [5.74, 6) is 0. The molecule has 0 fully saturated rings. The van der Waals surface area contributed by atoms with E-state index in [1.807, 2.05) is 24.3 Å². The molecule has 0 spiro atoms. The van der Waals surface area contributed by atoms with E-state index in [4.69, 9.17) is 0 Å². The number of aromatic amines is 1. The van der Waals surface area contributed by atoms with Gasteiger partial charge in [0.25, 0.3) is 0 Å². The fourth-order valence-electron chi connectivity index (χ4n) is 2.10. The zero-order valence-corrected chi connectivity index (χ0v) is 12.3. The molecule has 4 aromatic rings. The van der Waals surface area contributed by atoms with Crippen LogP contribution >= 0.6 is 23.1 Å². The lowest BCUT2D eigenvalue weighted by atomic mass is 10.1. The van der Waals surface area contributed by atoms with Crippen LogP contribution in [0.1, 0.15) is 4.88 Å². The van der Waals surface area contributed by atoms with Gasteiger partial charge >= 0.3 is 5.69 Å². The van der Waals surface area contributed by atoms with Crippen molar-refractivity contribution < 1.29 is 0 Å². The Morgan fingerprint density at radius 1 is 1.14 bits per heavy atom. The molecule has 21 heavy (non-hydrogen) atoms. The Balaban J connectivity index is 1.67. The van der Waals surface area contributed by atoms with Crippen molar-refractivity contribution in [1.29, 1.82) is 0 Å². The van der Waals surface area contributed by atoms with E-state index in [0.717, 1.165) is 26.4 Å². The van der Waals surface area contributed by atoms with Gasteiger partial charge in [-0.3, -0.25) is 4.57 Å². The molecule has 3 aromatic heterocycles. The summed E-state index contributed by atoms with van der Waals surface area (Å²) in [6.07, 6.45) is 1.51. The molecule has 1 N–H and O–H groups in total. The number of thiophene rings is 1. The summed E-state index contributed by atoms with van der Waals surface area (Å²) >= 11 is 2.88. The topological polar surface area (TPSA) is 76.5 Å². The maximum atomic E-state index is 11.5. The largest absolute Gasteiger partial charge is 0.343 e. The monoisotopic (exact) mass is 315 g/mol. The van der Waals surface area contributed by atoms with Crippen molar-refractivity contribution in [2.75, 3.05) is 0 Å². The predicted octanol–water partition coefficient (Wildman–Crippen LogP) is 2.35. The van der Waals surface area contributed by atoms with Gasteiger partial charge in [0.2, 0.25) is 0 Å². The van der Waals surface area contributed by atoms with Crippen molar-refractivity contribution in [2.24, 2.45) is 0 Å². The molecular weight excluding hydrogens is 306 g/mol. The molecule has 0 saturated carbocycles. The fourth-order valence-corrected chi connectivity index (χ4v) is 3.62. The third-order valence-electron chi connectivity index (χ3n) is 3.14. The van der Waals surface area contributed by atoms with Crippen LogP contribution in [0.2, 0.25) is 0 Å². The van der Waals surface area contributed by atoms with Crippen LogP contribution in [-0.4, -0.2) is 23.5 Å². The molecule has 1 aromatic carbocycles. The minimum atomic E-state index is -0.195. The Hall–Kier alpha value is -2.32. The molecule has 0 amide bonds. The van der Waals surface area contributed by atoms with E-state index in [1.54, 1.807) is 15.9 Å². The zero-order chi connectivity index (χ0) is 14.2. The molecule has 0 atom stereocenters. The third kappa shape index (κ3) is 2.28. The van der Waals surface area contributed by atoms with Crippen LogP contribution < -0.4 is 5.69 Å². The van der Waals surface area contributed by atoms with E-state index in [0.29, 0.717) is 6.54 Å². The van der Waals surface area contributed by atoms with Crippen LogP contribution in [0.25, 0.3) is 21.5 Å². The van der Waals surface area contributed by atoms with Gasteiger partial charge in [-0.15, -0.1) is 11.3 Å². The lowest BCUT2D eigenvalue weighted by Gasteiger charge is -1.97. The van der Waals surface area contributed by atoms with Gasteiger partial charge in [0.1, 0.15) is 17.4 Å². The average molecular weight is 315 g/mol. The van der Waals surface area contributed by atoms with E-state index in [2.05, 4.69) is 25.0 Å². The maximum absolute atomic E-state index is 11.5. The van der Waals surface area contributed by atoms with E-state index in [9.17, 15) is 4.79 Å². The second-order valence-electron chi connectivity index (χ2n) is 4.52. The lowest BCUT2D eigenvalue weighted by molar-refractivity contribution is 0.772. The van der Waals surface area contributed by atoms with E-state index >= 15 is 0 Å². The number of hydrogen-bond acceptors (Lipinski definition) is 6. The molecule has 8 heteroatoms. The highest BCUT2D eigenvalue weighted by Gasteiger charge is 2.07. The van der Waals surface area contributed by atoms with Crippen molar-refractivity contribution in [2.45, 2.75) is 6.54 Å². The highest BCUT2D eigenvalue weighted by Crippen LogP contribution is 2.30. The maximum Gasteiger partial charge on any atom is 0.343 e. The van der Waals surface area contributed by atoms with E-state index < -0.39 is 0 Å². The first-order valence-corrected chi connectivity index (χ1v) is 7.75. The van der Waals surface area contributed by atoms with Gasteiger partial charge in [0, 0.05) is 9.75 Å². The number of nitrogens with one attached hydrogen (secondary N) is 1. The molecular formula is C13H9N5OS2. The highest BCUT2D eigenvalue weighted by molar-refractivity contribution is 7.15. The number of aromatic nitrogens is 5. The summed E-state index contributed by atoms with van der Waals surface area (Å²) < 4.78 is 10.0. The third-order valence-corrected chi connectivity index (χ3v) is 4.82. The average Bonchev–Trinajstić information content (AvgIpc) is 3.20. The Morgan fingerprint density at radius 2 is 2.05 bits per heavy atom. The van der Waals surface area contributed by atoms with Crippen LogP contribution in [0.4, 0.5) is 0 Å². The Bertz CT molecular complexity index is 964. The number of fused-ring (bicyclic) bond motifs is 1. The van der Waals surface area contributed by atoms with Crippen molar-refractivity contribution in [3.05, 3.63) is 52.0 Å². The smallest absolute Gasteiger partial charge is 0.276 e. The second-order valence-corrected chi connectivity index (χ2v) is 6.22. The lowest BCUT2D eigenvalue weighted by Crippen LogP contribution is -2.16. The molecule has 6 nitrogen and oxygen atoms in total. The molecule has 0 radical (unpaired) electrons. The second kappa shape index (κ2) is 4.90. The molecule has 0 bridgehead atoms.